The zero-order chi connectivity index (χ0) is 17.7. The molecule has 0 saturated carbocycles. The zero-order valence-electron chi connectivity index (χ0n) is 14.4. The molecule has 3 nitrogen and oxygen atoms in total. The van der Waals surface area contributed by atoms with Crippen molar-refractivity contribution in [3.8, 4) is 0 Å². The SMILES string of the molecule is COC(C(=O)Nc1ccc(C)cc1)(c1ccccc1)c1ccccc1. The van der Waals surface area contributed by atoms with E-state index in [0.717, 1.165) is 22.4 Å². The highest BCUT2D eigenvalue weighted by atomic mass is 16.5. The number of hydrogen-bond acceptors (Lipinski definition) is 2. The summed E-state index contributed by atoms with van der Waals surface area (Å²) in [5, 5.41) is 2.99. The number of carbonyl (C=O) groups excluding carboxylic acids is 1. The van der Waals surface area contributed by atoms with E-state index >= 15 is 0 Å². The fourth-order valence-corrected chi connectivity index (χ4v) is 2.96. The molecular formula is C22H21NO2. The van der Waals surface area contributed by atoms with Crippen molar-refractivity contribution in [3.63, 3.8) is 0 Å². The molecule has 0 saturated heterocycles. The number of aryl methyl sites for hydroxylation is 1. The van der Waals surface area contributed by atoms with E-state index in [2.05, 4.69) is 5.32 Å². The number of carbonyl (C=O) groups is 1. The standard InChI is InChI=1S/C22H21NO2/c1-17-13-15-20(16-14-17)23-21(24)22(25-2,18-9-5-3-6-10-18)19-11-7-4-8-12-19/h3-16H,1-2H3,(H,23,24). The van der Waals surface area contributed by atoms with Crippen LogP contribution in [0.5, 0.6) is 0 Å². The fraction of sp³-hybridized carbons (Fsp3) is 0.136. The van der Waals surface area contributed by atoms with Crippen LogP contribution in [0.15, 0.2) is 84.9 Å². The van der Waals surface area contributed by atoms with Crippen LogP contribution in [0.3, 0.4) is 0 Å². The van der Waals surface area contributed by atoms with Crippen LogP contribution in [0.1, 0.15) is 16.7 Å². The molecule has 1 amide bonds. The summed E-state index contributed by atoms with van der Waals surface area (Å²) in [4.78, 5) is 13.3. The van der Waals surface area contributed by atoms with Gasteiger partial charge in [0, 0.05) is 12.8 Å². The normalized spacial score (nSPS) is 11.1. The molecule has 0 radical (unpaired) electrons. The van der Waals surface area contributed by atoms with Gasteiger partial charge < -0.3 is 10.1 Å². The van der Waals surface area contributed by atoms with E-state index in [1.54, 1.807) is 7.11 Å². The van der Waals surface area contributed by atoms with Gasteiger partial charge in [-0.1, -0.05) is 78.4 Å². The Morgan fingerprint density at radius 1 is 0.800 bits per heavy atom. The number of benzene rings is 3. The highest BCUT2D eigenvalue weighted by Crippen LogP contribution is 2.34. The molecule has 0 fully saturated rings. The fourth-order valence-electron chi connectivity index (χ4n) is 2.96. The summed E-state index contributed by atoms with van der Waals surface area (Å²) in [7, 11) is 1.56. The van der Waals surface area contributed by atoms with Crippen molar-refractivity contribution in [2.24, 2.45) is 0 Å². The van der Waals surface area contributed by atoms with Gasteiger partial charge in [0.15, 0.2) is 5.60 Å². The first-order valence-corrected chi connectivity index (χ1v) is 8.21. The van der Waals surface area contributed by atoms with Gasteiger partial charge in [-0.25, -0.2) is 0 Å². The Morgan fingerprint density at radius 2 is 1.28 bits per heavy atom. The number of hydrogen-bond donors (Lipinski definition) is 1. The third-order valence-electron chi connectivity index (χ3n) is 4.30. The van der Waals surface area contributed by atoms with Crippen molar-refractivity contribution < 1.29 is 9.53 Å². The van der Waals surface area contributed by atoms with E-state index in [9.17, 15) is 4.79 Å². The van der Waals surface area contributed by atoms with Crippen molar-refractivity contribution in [1.82, 2.24) is 0 Å². The van der Waals surface area contributed by atoms with Crippen LogP contribution in [0.2, 0.25) is 0 Å². The Labute approximate surface area is 148 Å². The van der Waals surface area contributed by atoms with Crippen LogP contribution >= 0.6 is 0 Å². The zero-order valence-corrected chi connectivity index (χ0v) is 14.4. The lowest BCUT2D eigenvalue weighted by atomic mass is 9.85. The quantitative estimate of drug-likeness (QED) is 0.746. The Bertz CT molecular complexity index is 787. The molecule has 3 aromatic rings. The van der Waals surface area contributed by atoms with Crippen molar-refractivity contribution in [3.05, 3.63) is 102 Å². The van der Waals surface area contributed by atoms with Crippen molar-refractivity contribution in [1.29, 1.82) is 0 Å². The van der Waals surface area contributed by atoms with Gasteiger partial charge in [-0.2, -0.15) is 0 Å². The third kappa shape index (κ3) is 3.32. The van der Waals surface area contributed by atoms with Crippen molar-refractivity contribution in [2.45, 2.75) is 12.5 Å². The van der Waals surface area contributed by atoms with Gasteiger partial charge in [0.05, 0.1) is 0 Å². The molecule has 1 N–H and O–H groups in total. The molecule has 0 aliphatic rings. The largest absolute Gasteiger partial charge is 0.359 e. The summed E-state index contributed by atoms with van der Waals surface area (Å²) < 4.78 is 5.86. The Hall–Kier alpha value is -2.91. The minimum atomic E-state index is -1.21. The Kier molecular flexibility index (Phi) is 4.96. The molecule has 0 atom stereocenters. The molecular weight excluding hydrogens is 310 g/mol. The van der Waals surface area contributed by atoms with Crippen LogP contribution in [-0.2, 0) is 15.1 Å². The monoisotopic (exact) mass is 331 g/mol. The lowest BCUT2D eigenvalue weighted by Gasteiger charge is -2.32. The Balaban J connectivity index is 2.07. The highest BCUT2D eigenvalue weighted by molar-refractivity contribution is 6.00. The molecule has 25 heavy (non-hydrogen) atoms. The summed E-state index contributed by atoms with van der Waals surface area (Å²) in [6.07, 6.45) is 0. The summed E-state index contributed by atoms with van der Waals surface area (Å²) in [6.45, 7) is 2.01. The molecule has 0 heterocycles. The predicted octanol–water partition coefficient (Wildman–Crippen LogP) is 4.52. The van der Waals surface area contributed by atoms with Gasteiger partial charge >= 0.3 is 0 Å². The second kappa shape index (κ2) is 7.32. The van der Waals surface area contributed by atoms with Crippen molar-refractivity contribution in [2.75, 3.05) is 12.4 Å². The molecule has 0 aliphatic carbocycles. The average Bonchev–Trinajstić information content (AvgIpc) is 2.66. The van der Waals surface area contributed by atoms with Gasteiger partial charge in [0.25, 0.3) is 5.91 Å². The molecule has 0 bridgehead atoms. The van der Waals surface area contributed by atoms with Gasteiger partial charge in [0.2, 0.25) is 0 Å². The van der Waals surface area contributed by atoms with Crippen molar-refractivity contribution >= 4 is 11.6 Å². The second-order valence-corrected chi connectivity index (χ2v) is 5.94. The number of rotatable bonds is 5. The third-order valence-corrected chi connectivity index (χ3v) is 4.30. The van der Waals surface area contributed by atoms with E-state index in [-0.39, 0.29) is 5.91 Å². The molecule has 0 unspecified atom stereocenters. The van der Waals surface area contributed by atoms with E-state index in [1.807, 2.05) is 91.9 Å². The maximum absolute atomic E-state index is 13.3. The maximum Gasteiger partial charge on any atom is 0.265 e. The van der Waals surface area contributed by atoms with Gasteiger partial charge in [-0.05, 0) is 30.2 Å². The lowest BCUT2D eigenvalue weighted by molar-refractivity contribution is -0.134. The van der Waals surface area contributed by atoms with Crippen LogP contribution in [-0.4, -0.2) is 13.0 Å². The van der Waals surface area contributed by atoms with E-state index in [0.29, 0.717) is 0 Å². The molecule has 3 rings (SSSR count). The van der Waals surface area contributed by atoms with Gasteiger partial charge in [0.1, 0.15) is 0 Å². The molecule has 126 valence electrons. The minimum Gasteiger partial charge on any atom is -0.359 e. The summed E-state index contributed by atoms with van der Waals surface area (Å²) >= 11 is 0. The molecule has 0 spiro atoms. The first-order valence-electron chi connectivity index (χ1n) is 8.21. The maximum atomic E-state index is 13.3. The summed E-state index contributed by atoms with van der Waals surface area (Å²) in [5.41, 5.74) is 2.24. The van der Waals surface area contributed by atoms with E-state index in [4.69, 9.17) is 4.74 Å². The second-order valence-electron chi connectivity index (χ2n) is 5.94. The number of methoxy groups -OCH3 is 1. The van der Waals surface area contributed by atoms with Gasteiger partial charge in [-0.3, -0.25) is 4.79 Å². The Morgan fingerprint density at radius 3 is 1.72 bits per heavy atom. The smallest absolute Gasteiger partial charge is 0.265 e. The molecule has 0 aromatic heterocycles. The lowest BCUT2D eigenvalue weighted by Crippen LogP contribution is -2.43. The first-order chi connectivity index (χ1) is 12.2. The van der Waals surface area contributed by atoms with Crippen LogP contribution < -0.4 is 5.32 Å². The number of anilines is 1. The van der Waals surface area contributed by atoms with Crippen LogP contribution in [0.25, 0.3) is 0 Å². The number of amides is 1. The molecule has 0 aliphatic heterocycles. The molecule has 3 aromatic carbocycles. The number of nitrogens with one attached hydrogen (secondary N) is 1. The first kappa shape index (κ1) is 16.9. The summed E-state index contributed by atoms with van der Waals surface area (Å²) in [6, 6.07) is 26.8. The summed E-state index contributed by atoms with van der Waals surface area (Å²) in [5.74, 6) is -0.226. The predicted molar refractivity (Wildman–Crippen MR) is 100 cm³/mol. The molecule has 3 heteroatoms. The van der Waals surface area contributed by atoms with Crippen LogP contribution in [0, 0.1) is 6.92 Å². The average molecular weight is 331 g/mol. The van der Waals surface area contributed by atoms with Crippen LogP contribution in [0.4, 0.5) is 5.69 Å². The highest BCUT2D eigenvalue weighted by Gasteiger charge is 2.42. The topological polar surface area (TPSA) is 38.3 Å². The number of ether oxygens (including phenoxy) is 1. The minimum absolute atomic E-state index is 0.226. The van der Waals surface area contributed by atoms with Gasteiger partial charge in [-0.15, -0.1) is 0 Å². The van der Waals surface area contributed by atoms with E-state index < -0.39 is 5.60 Å². The van der Waals surface area contributed by atoms with E-state index in [1.165, 1.54) is 0 Å².